The van der Waals surface area contributed by atoms with Gasteiger partial charge in [0, 0.05) is 0 Å². The van der Waals surface area contributed by atoms with Gasteiger partial charge in [-0.2, -0.15) is 0 Å². The predicted octanol–water partition coefficient (Wildman–Crippen LogP) is 2.93. The number of rotatable bonds is 4. The Hall–Kier alpha value is -1.15. The van der Waals surface area contributed by atoms with Crippen molar-refractivity contribution in [2.45, 2.75) is 37.7 Å². The van der Waals surface area contributed by atoms with E-state index < -0.39 is 0 Å². The minimum Gasteiger partial charge on any atom is -0.371 e. The van der Waals surface area contributed by atoms with Crippen LogP contribution in [0.4, 0.5) is 0 Å². The molecule has 1 aromatic rings. The van der Waals surface area contributed by atoms with E-state index in [1.165, 1.54) is 18.4 Å². The topological polar surface area (TPSA) is 26.3 Å². The Kier molecular flexibility index (Phi) is 4.11. The molecular weight excluding hydrogens is 200 g/mol. The van der Waals surface area contributed by atoms with Crippen molar-refractivity contribution >= 4 is 6.29 Å². The second-order valence-electron chi connectivity index (χ2n) is 4.38. The molecule has 0 N–H and O–H groups in total. The molecule has 0 aliphatic heterocycles. The summed E-state index contributed by atoms with van der Waals surface area (Å²) in [6.07, 6.45) is 5.63. The van der Waals surface area contributed by atoms with Crippen LogP contribution in [0.15, 0.2) is 30.3 Å². The summed E-state index contributed by atoms with van der Waals surface area (Å²) in [6, 6.07) is 10.7. The second-order valence-corrected chi connectivity index (χ2v) is 4.38. The van der Waals surface area contributed by atoms with Gasteiger partial charge in [0.2, 0.25) is 0 Å². The third-order valence-electron chi connectivity index (χ3n) is 3.35. The largest absolute Gasteiger partial charge is 0.371 e. The van der Waals surface area contributed by atoms with Gasteiger partial charge in [-0.1, -0.05) is 30.3 Å². The Bertz CT molecular complexity index is 313. The number of hydrogen-bond donors (Lipinski definition) is 0. The molecule has 0 heterocycles. The van der Waals surface area contributed by atoms with Crippen LogP contribution in [0.2, 0.25) is 0 Å². The van der Waals surface area contributed by atoms with Crippen LogP contribution in [0, 0.1) is 0 Å². The first kappa shape index (κ1) is 11.3. The van der Waals surface area contributed by atoms with E-state index in [1.54, 1.807) is 0 Å². The third kappa shape index (κ3) is 2.92. The molecule has 86 valence electrons. The molecule has 16 heavy (non-hydrogen) atoms. The first-order valence-electron chi connectivity index (χ1n) is 6.00. The van der Waals surface area contributed by atoms with Crippen LogP contribution in [0.25, 0.3) is 0 Å². The van der Waals surface area contributed by atoms with Crippen LogP contribution in [0.3, 0.4) is 0 Å². The zero-order valence-electron chi connectivity index (χ0n) is 9.47. The average molecular weight is 218 g/mol. The SMILES string of the molecule is O=CCO[C@H]1CC[C@@H](c2ccccc2)CC1. The number of hydrogen-bond acceptors (Lipinski definition) is 2. The molecule has 0 radical (unpaired) electrons. The monoisotopic (exact) mass is 218 g/mol. The molecule has 0 spiro atoms. The van der Waals surface area contributed by atoms with E-state index in [1.807, 2.05) is 0 Å². The molecule has 2 heteroatoms. The summed E-state index contributed by atoms with van der Waals surface area (Å²) >= 11 is 0. The van der Waals surface area contributed by atoms with E-state index in [0.29, 0.717) is 12.0 Å². The van der Waals surface area contributed by atoms with Crippen molar-refractivity contribution in [3.8, 4) is 0 Å². The third-order valence-corrected chi connectivity index (χ3v) is 3.35. The molecule has 2 rings (SSSR count). The molecule has 0 bridgehead atoms. The molecular formula is C14H18O2. The number of ether oxygens (including phenoxy) is 1. The maximum absolute atomic E-state index is 10.2. The number of aldehydes is 1. The zero-order valence-corrected chi connectivity index (χ0v) is 9.47. The summed E-state index contributed by atoms with van der Waals surface area (Å²) < 4.78 is 5.45. The minimum atomic E-state index is 0.251. The van der Waals surface area contributed by atoms with Crippen molar-refractivity contribution in [2.24, 2.45) is 0 Å². The molecule has 1 fully saturated rings. The van der Waals surface area contributed by atoms with Crippen LogP contribution in [-0.2, 0) is 9.53 Å². The highest BCUT2D eigenvalue weighted by Gasteiger charge is 2.22. The first-order chi connectivity index (χ1) is 7.90. The van der Waals surface area contributed by atoms with Gasteiger partial charge in [0.15, 0.2) is 0 Å². The van der Waals surface area contributed by atoms with Gasteiger partial charge in [0.1, 0.15) is 12.9 Å². The fraction of sp³-hybridized carbons (Fsp3) is 0.500. The van der Waals surface area contributed by atoms with Crippen molar-refractivity contribution in [2.75, 3.05) is 6.61 Å². The van der Waals surface area contributed by atoms with Gasteiger partial charge in [0.25, 0.3) is 0 Å². The van der Waals surface area contributed by atoms with Gasteiger partial charge in [-0.15, -0.1) is 0 Å². The zero-order chi connectivity index (χ0) is 11.2. The highest BCUT2D eigenvalue weighted by Crippen LogP contribution is 2.33. The highest BCUT2D eigenvalue weighted by atomic mass is 16.5. The first-order valence-corrected chi connectivity index (χ1v) is 6.00. The van der Waals surface area contributed by atoms with E-state index in [9.17, 15) is 4.79 Å². The molecule has 1 aliphatic rings. The van der Waals surface area contributed by atoms with Gasteiger partial charge in [0.05, 0.1) is 6.10 Å². The predicted molar refractivity (Wildman–Crippen MR) is 63.5 cm³/mol. The summed E-state index contributed by atoms with van der Waals surface area (Å²) in [7, 11) is 0. The Balaban J connectivity index is 1.83. The standard InChI is InChI=1S/C14H18O2/c15-10-11-16-14-8-6-13(7-9-14)12-4-2-1-3-5-12/h1-5,10,13-14H,6-9,11H2/t13-,14+. The molecule has 0 unspecified atom stereocenters. The number of benzene rings is 1. The maximum Gasteiger partial charge on any atom is 0.145 e. The van der Waals surface area contributed by atoms with Crippen molar-refractivity contribution in [3.05, 3.63) is 35.9 Å². The smallest absolute Gasteiger partial charge is 0.145 e. The molecule has 1 aromatic carbocycles. The maximum atomic E-state index is 10.2. The minimum absolute atomic E-state index is 0.251. The van der Waals surface area contributed by atoms with E-state index in [4.69, 9.17) is 4.74 Å². The highest BCUT2D eigenvalue weighted by molar-refractivity contribution is 5.50. The lowest BCUT2D eigenvalue weighted by atomic mass is 9.83. The molecule has 0 saturated heterocycles. The fourth-order valence-corrected chi connectivity index (χ4v) is 2.46. The average Bonchev–Trinajstić information content (AvgIpc) is 2.38. The molecule has 1 saturated carbocycles. The van der Waals surface area contributed by atoms with Crippen molar-refractivity contribution < 1.29 is 9.53 Å². The van der Waals surface area contributed by atoms with Crippen molar-refractivity contribution in [1.29, 1.82) is 0 Å². The lowest BCUT2D eigenvalue weighted by Crippen LogP contribution is -2.21. The molecule has 0 amide bonds. The second kappa shape index (κ2) is 5.80. The molecule has 0 aromatic heterocycles. The van der Waals surface area contributed by atoms with E-state index >= 15 is 0 Å². The lowest BCUT2D eigenvalue weighted by Gasteiger charge is -2.28. The summed E-state index contributed by atoms with van der Waals surface area (Å²) in [5, 5.41) is 0. The van der Waals surface area contributed by atoms with Crippen molar-refractivity contribution in [3.63, 3.8) is 0 Å². The van der Waals surface area contributed by atoms with E-state index in [2.05, 4.69) is 30.3 Å². The van der Waals surface area contributed by atoms with Gasteiger partial charge in [-0.3, -0.25) is 0 Å². The number of carbonyl (C=O) groups is 1. The Morgan fingerprint density at radius 3 is 2.44 bits per heavy atom. The Morgan fingerprint density at radius 2 is 1.81 bits per heavy atom. The summed E-state index contributed by atoms with van der Waals surface area (Å²) in [4.78, 5) is 10.2. The summed E-state index contributed by atoms with van der Waals surface area (Å²) in [6.45, 7) is 0.251. The van der Waals surface area contributed by atoms with Crippen LogP contribution >= 0.6 is 0 Å². The van der Waals surface area contributed by atoms with E-state index in [-0.39, 0.29) is 6.61 Å². The van der Waals surface area contributed by atoms with E-state index in [0.717, 1.165) is 19.1 Å². The van der Waals surface area contributed by atoms with Gasteiger partial charge >= 0.3 is 0 Å². The van der Waals surface area contributed by atoms with Crippen LogP contribution in [0.1, 0.15) is 37.2 Å². The van der Waals surface area contributed by atoms with Gasteiger partial charge < -0.3 is 9.53 Å². The fourth-order valence-electron chi connectivity index (χ4n) is 2.46. The summed E-state index contributed by atoms with van der Waals surface area (Å²) in [5.74, 6) is 0.678. The van der Waals surface area contributed by atoms with Crippen LogP contribution in [-0.4, -0.2) is 19.0 Å². The molecule has 1 aliphatic carbocycles. The van der Waals surface area contributed by atoms with Crippen LogP contribution < -0.4 is 0 Å². The Labute approximate surface area is 96.6 Å². The van der Waals surface area contributed by atoms with Gasteiger partial charge in [-0.25, -0.2) is 0 Å². The number of carbonyl (C=O) groups excluding carboxylic acids is 1. The van der Waals surface area contributed by atoms with Gasteiger partial charge in [-0.05, 0) is 37.2 Å². The molecule has 0 atom stereocenters. The van der Waals surface area contributed by atoms with Crippen molar-refractivity contribution in [1.82, 2.24) is 0 Å². The Morgan fingerprint density at radius 1 is 1.12 bits per heavy atom. The quantitative estimate of drug-likeness (QED) is 0.726. The summed E-state index contributed by atoms with van der Waals surface area (Å²) in [5.41, 5.74) is 1.44. The normalized spacial score (nSPS) is 25.2. The molecule has 2 nitrogen and oxygen atoms in total. The lowest BCUT2D eigenvalue weighted by molar-refractivity contribution is -0.114. The van der Waals surface area contributed by atoms with Crippen LogP contribution in [0.5, 0.6) is 0 Å².